The summed E-state index contributed by atoms with van der Waals surface area (Å²) in [5.74, 6) is -3.56. The van der Waals surface area contributed by atoms with Gasteiger partial charge in [0, 0.05) is 30.2 Å². The zero-order valence-electron chi connectivity index (χ0n) is 14.4. The zero-order chi connectivity index (χ0) is 19.6. The molecule has 0 spiro atoms. The monoisotopic (exact) mass is 393 g/mol. The Morgan fingerprint density at radius 1 is 1.44 bits per heavy atom. The zero-order valence-corrected chi connectivity index (χ0v) is 15.2. The number of aryl methyl sites for hydroxylation is 1. The molecule has 7 nitrogen and oxygen atoms in total. The van der Waals surface area contributed by atoms with Crippen molar-refractivity contribution in [2.45, 2.75) is 25.7 Å². The third-order valence-corrected chi connectivity index (χ3v) is 4.30. The highest BCUT2D eigenvalue weighted by molar-refractivity contribution is 6.30. The van der Waals surface area contributed by atoms with Crippen LogP contribution in [0.25, 0.3) is 0 Å². The standard InChI is InChI=1S/C18H17ClFN3O4/c1-11-2-3-15(10-21-11)23-5-4-18(26,16(23)24)27-17(25)22-9-12-6-13(19)8-14(20)7-12/h2-3,6-8,10,26H,4-5,9H2,1H3,(H,22,25). The van der Waals surface area contributed by atoms with E-state index in [0.29, 0.717) is 11.3 Å². The number of carbonyl (C=O) groups is 2. The van der Waals surface area contributed by atoms with Gasteiger partial charge in [-0.3, -0.25) is 9.78 Å². The maximum atomic E-state index is 13.3. The number of nitrogens with one attached hydrogen (secondary N) is 1. The Morgan fingerprint density at radius 3 is 2.89 bits per heavy atom. The molecule has 1 unspecified atom stereocenters. The van der Waals surface area contributed by atoms with E-state index in [4.69, 9.17) is 16.3 Å². The minimum absolute atomic E-state index is 0.0772. The molecule has 2 amide bonds. The minimum atomic E-state index is -2.27. The van der Waals surface area contributed by atoms with Gasteiger partial charge in [-0.05, 0) is 42.8 Å². The van der Waals surface area contributed by atoms with Gasteiger partial charge in [-0.15, -0.1) is 0 Å². The molecule has 1 aliphatic rings. The number of halogens is 2. The van der Waals surface area contributed by atoms with Crippen molar-refractivity contribution in [1.82, 2.24) is 10.3 Å². The molecular formula is C18H17ClFN3O4. The van der Waals surface area contributed by atoms with Gasteiger partial charge in [0.1, 0.15) is 5.82 Å². The van der Waals surface area contributed by atoms with Crippen molar-refractivity contribution in [3.05, 3.63) is 58.6 Å². The van der Waals surface area contributed by atoms with Crippen LogP contribution >= 0.6 is 11.6 Å². The topological polar surface area (TPSA) is 91.8 Å². The van der Waals surface area contributed by atoms with E-state index in [1.165, 1.54) is 23.2 Å². The third kappa shape index (κ3) is 4.35. The summed E-state index contributed by atoms with van der Waals surface area (Å²) in [6.45, 7) is 1.91. The molecule has 1 saturated heterocycles. The van der Waals surface area contributed by atoms with Crippen molar-refractivity contribution in [3.8, 4) is 0 Å². The molecule has 27 heavy (non-hydrogen) atoms. The molecule has 2 N–H and O–H groups in total. The number of ether oxygens (including phenoxy) is 1. The van der Waals surface area contributed by atoms with Gasteiger partial charge in [0.25, 0.3) is 11.7 Å². The quantitative estimate of drug-likeness (QED) is 0.779. The summed E-state index contributed by atoms with van der Waals surface area (Å²) in [6, 6.07) is 7.25. The minimum Gasteiger partial charge on any atom is -0.407 e. The number of carbonyl (C=O) groups excluding carboxylic acids is 2. The molecule has 9 heteroatoms. The number of benzene rings is 1. The lowest BCUT2D eigenvalue weighted by molar-refractivity contribution is -0.175. The van der Waals surface area contributed by atoms with Crippen LogP contribution in [-0.4, -0.2) is 34.4 Å². The maximum Gasteiger partial charge on any atom is 0.410 e. The lowest BCUT2D eigenvalue weighted by Gasteiger charge is -2.22. The average molecular weight is 394 g/mol. The Kier molecular flexibility index (Phi) is 5.29. The van der Waals surface area contributed by atoms with Crippen LogP contribution in [0, 0.1) is 12.7 Å². The molecule has 142 valence electrons. The van der Waals surface area contributed by atoms with Crippen molar-refractivity contribution in [2.75, 3.05) is 11.4 Å². The molecule has 1 atom stereocenters. The van der Waals surface area contributed by atoms with Gasteiger partial charge >= 0.3 is 6.09 Å². The van der Waals surface area contributed by atoms with Gasteiger partial charge in [0.2, 0.25) is 0 Å². The fourth-order valence-corrected chi connectivity index (χ4v) is 2.96. The number of hydrogen-bond acceptors (Lipinski definition) is 5. The Bertz CT molecular complexity index is 857. The van der Waals surface area contributed by atoms with Crippen molar-refractivity contribution in [3.63, 3.8) is 0 Å². The number of anilines is 1. The summed E-state index contributed by atoms with van der Waals surface area (Å²) in [7, 11) is 0. The smallest absolute Gasteiger partial charge is 0.407 e. The lowest BCUT2D eigenvalue weighted by Crippen LogP contribution is -2.46. The van der Waals surface area contributed by atoms with Gasteiger partial charge in [-0.1, -0.05) is 11.6 Å². The number of hydrogen-bond donors (Lipinski definition) is 2. The maximum absolute atomic E-state index is 13.3. The highest BCUT2D eigenvalue weighted by Gasteiger charge is 2.49. The number of pyridine rings is 1. The summed E-state index contributed by atoms with van der Waals surface area (Å²) in [5, 5.41) is 13.0. The van der Waals surface area contributed by atoms with Gasteiger partial charge in [0.15, 0.2) is 0 Å². The van der Waals surface area contributed by atoms with E-state index in [9.17, 15) is 19.1 Å². The van der Waals surface area contributed by atoms with E-state index in [-0.39, 0.29) is 24.5 Å². The molecule has 0 aliphatic carbocycles. The lowest BCUT2D eigenvalue weighted by atomic mass is 10.2. The molecule has 3 rings (SSSR count). The van der Waals surface area contributed by atoms with Crippen molar-refractivity contribution < 1.29 is 23.8 Å². The number of aliphatic hydroxyl groups is 1. The second-order valence-corrected chi connectivity index (χ2v) is 6.61. The van der Waals surface area contributed by atoms with Crippen LogP contribution in [0.15, 0.2) is 36.5 Å². The highest BCUT2D eigenvalue weighted by Crippen LogP contribution is 2.29. The molecule has 0 bridgehead atoms. The second kappa shape index (κ2) is 7.50. The number of alkyl carbamates (subject to hydrolysis) is 1. The molecule has 2 heterocycles. The van der Waals surface area contributed by atoms with Crippen LogP contribution in [0.2, 0.25) is 5.02 Å². The van der Waals surface area contributed by atoms with Gasteiger partial charge in [-0.25, -0.2) is 9.18 Å². The van der Waals surface area contributed by atoms with Crippen LogP contribution < -0.4 is 10.2 Å². The van der Waals surface area contributed by atoms with Crippen molar-refractivity contribution in [1.29, 1.82) is 0 Å². The largest absolute Gasteiger partial charge is 0.410 e. The molecule has 2 aromatic rings. The van der Waals surface area contributed by atoms with E-state index in [1.54, 1.807) is 12.1 Å². The molecule has 1 aromatic carbocycles. The Balaban J connectivity index is 1.61. The summed E-state index contributed by atoms with van der Waals surface area (Å²) < 4.78 is 18.2. The van der Waals surface area contributed by atoms with E-state index in [2.05, 4.69) is 10.3 Å². The predicted octanol–water partition coefficient (Wildman–Crippen LogP) is 2.53. The van der Waals surface area contributed by atoms with Crippen molar-refractivity contribution >= 4 is 29.3 Å². The molecule has 0 radical (unpaired) electrons. The van der Waals surface area contributed by atoms with Crippen LogP contribution in [-0.2, 0) is 16.1 Å². The number of rotatable bonds is 4. The van der Waals surface area contributed by atoms with Crippen LogP contribution in [0.4, 0.5) is 14.9 Å². The second-order valence-electron chi connectivity index (χ2n) is 6.17. The van der Waals surface area contributed by atoms with E-state index < -0.39 is 23.6 Å². The average Bonchev–Trinajstić information content (AvgIpc) is 2.88. The summed E-state index contributed by atoms with van der Waals surface area (Å²) in [4.78, 5) is 29.9. The van der Waals surface area contributed by atoms with Crippen molar-refractivity contribution in [2.24, 2.45) is 0 Å². The van der Waals surface area contributed by atoms with Gasteiger partial charge < -0.3 is 20.1 Å². The number of nitrogens with zero attached hydrogens (tertiary/aromatic N) is 2. The molecule has 1 aliphatic heterocycles. The fraction of sp³-hybridized carbons (Fsp3) is 0.278. The van der Waals surface area contributed by atoms with E-state index in [1.807, 2.05) is 6.92 Å². The SMILES string of the molecule is Cc1ccc(N2CCC(O)(OC(=O)NCc3cc(F)cc(Cl)c3)C2=O)cn1. The molecular weight excluding hydrogens is 377 g/mol. The first-order chi connectivity index (χ1) is 12.8. The normalized spacial score (nSPS) is 19.3. The summed E-state index contributed by atoms with van der Waals surface area (Å²) >= 11 is 5.75. The first-order valence-corrected chi connectivity index (χ1v) is 8.53. The third-order valence-electron chi connectivity index (χ3n) is 4.08. The van der Waals surface area contributed by atoms with Crippen LogP contribution in [0.5, 0.6) is 0 Å². The first-order valence-electron chi connectivity index (χ1n) is 8.16. The molecule has 1 fully saturated rings. The Morgan fingerprint density at radius 2 is 2.22 bits per heavy atom. The van der Waals surface area contributed by atoms with Gasteiger partial charge in [-0.2, -0.15) is 0 Å². The Hall–Kier alpha value is -2.71. The molecule has 0 saturated carbocycles. The van der Waals surface area contributed by atoms with Crippen LogP contribution in [0.3, 0.4) is 0 Å². The van der Waals surface area contributed by atoms with Gasteiger partial charge in [0.05, 0.1) is 11.9 Å². The summed E-state index contributed by atoms with van der Waals surface area (Å²) in [5.41, 5.74) is 1.70. The number of aromatic nitrogens is 1. The predicted molar refractivity (Wildman–Crippen MR) is 95.6 cm³/mol. The fourth-order valence-electron chi connectivity index (χ4n) is 2.72. The highest BCUT2D eigenvalue weighted by atomic mass is 35.5. The van der Waals surface area contributed by atoms with Crippen LogP contribution in [0.1, 0.15) is 17.7 Å². The molecule has 1 aromatic heterocycles. The number of amides is 2. The van der Waals surface area contributed by atoms with E-state index >= 15 is 0 Å². The Labute approximate surface area is 159 Å². The summed E-state index contributed by atoms with van der Waals surface area (Å²) in [6.07, 6.45) is 0.418. The van der Waals surface area contributed by atoms with E-state index in [0.717, 1.165) is 11.8 Å². The first kappa shape index (κ1) is 19.1.